The highest BCUT2D eigenvalue weighted by Crippen LogP contribution is 2.41. The maximum absolute atomic E-state index is 13.0. The van der Waals surface area contributed by atoms with Crippen LogP contribution in [0.1, 0.15) is 45.4 Å². The molecule has 3 atom stereocenters. The summed E-state index contributed by atoms with van der Waals surface area (Å²) in [4.78, 5) is 6.30. The topological polar surface area (TPSA) is 41.6 Å². The Hall–Kier alpha value is -0.940. The van der Waals surface area contributed by atoms with Crippen molar-refractivity contribution in [2.75, 3.05) is 19.6 Å². The molecule has 2 N–H and O–H groups in total. The summed E-state index contributed by atoms with van der Waals surface area (Å²) in [6, 6.07) is 0. The molecular weight excluding hydrogens is 279 g/mol. The van der Waals surface area contributed by atoms with Gasteiger partial charge < -0.3 is 10.6 Å². The molecule has 3 unspecified atom stereocenters. The van der Waals surface area contributed by atoms with Crippen LogP contribution < -0.4 is 5.73 Å². The zero-order valence-corrected chi connectivity index (χ0v) is 12.7. The highest BCUT2D eigenvalue weighted by molar-refractivity contribution is 5.78. The lowest BCUT2D eigenvalue weighted by molar-refractivity contribution is -0.195. The van der Waals surface area contributed by atoms with Crippen molar-refractivity contribution < 1.29 is 13.2 Å². The Morgan fingerprint density at radius 1 is 1.19 bits per heavy atom. The van der Waals surface area contributed by atoms with Crippen LogP contribution >= 0.6 is 0 Å². The van der Waals surface area contributed by atoms with Crippen molar-refractivity contribution in [3.63, 3.8) is 0 Å². The molecule has 1 heterocycles. The predicted molar refractivity (Wildman–Crippen MR) is 78.0 cm³/mol. The highest BCUT2D eigenvalue weighted by atomic mass is 19.4. The van der Waals surface area contributed by atoms with Crippen LogP contribution in [-0.2, 0) is 0 Å². The lowest BCUT2D eigenvalue weighted by atomic mass is 9.79. The Balaban J connectivity index is 1.94. The Morgan fingerprint density at radius 2 is 1.90 bits per heavy atom. The summed E-state index contributed by atoms with van der Waals surface area (Å²) in [6.07, 6.45) is 0.544. The third-order valence-electron chi connectivity index (χ3n) is 4.80. The van der Waals surface area contributed by atoms with E-state index in [0.29, 0.717) is 24.7 Å². The van der Waals surface area contributed by atoms with Crippen LogP contribution in [-0.4, -0.2) is 36.7 Å². The summed E-state index contributed by atoms with van der Waals surface area (Å²) in [5.41, 5.74) is 5.98. The van der Waals surface area contributed by atoms with Gasteiger partial charge in [-0.1, -0.05) is 19.8 Å². The smallest absolute Gasteiger partial charge is 0.370 e. The van der Waals surface area contributed by atoms with Crippen LogP contribution in [0.4, 0.5) is 13.2 Å². The summed E-state index contributed by atoms with van der Waals surface area (Å²) < 4.78 is 39.1. The molecule has 3 nitrogen and oxygen atoms in total. The molecule has 2 fully saturated rings. The van der Waals surface area contributed by atoms with Crippen molar-refractivity contribution in [3.05, 3.63) is 0 Å². The van der Waals surface area contributed by atoms with Gasteiger partial charge in [-0.2, -0.15) is 13.2 Å². The quantitative estimate of drug-likeness (QED) is 0.627. The minimum atomic E-state index is -4.10. The number of nitrogens with two attached hydrogens (primary N) is 1. The second kappa shape index (κ2) is 6.88. The van der Waals surface area contributed by atoms with Gasteiger partial charge in [0.2, 0.25) is 0 Å². The molecular formula is C15H26F3N3. The Morgan fingerprint density at radius 3 is 2.57 bits per heavy atom. The number of alkyl halides is 3. The maximum atomic E-state index is 13.0. The molecule has 6 heteroatoms. The first-order valence-corrected chi connectivity index (χ1v) is 7.99. The maximum Gasteiger partial charge on any atom is 0.392 e. The number of guanidine groups is 1. The molecule has 0 amide bonds. The van der Waals surface area contributed by atoms with Gasteiger partial charge in [-0.25, -0.2) is 0 Å². The molecule has 0 spiro atoms. The summed E-state index contributed by atoms with van der Waals surface area (Å²) >= 11 is 0. The van der Waals surface area contributed by atoms with Gasteiger partial charge >= 0.3 is 6.18 Å². The molecule has 122 valence electrons. The zero-order valence-electron chi connectivity index (χ0n) is 12.7. The lowest BCUT2D eigenvalue weighted by Gasteiger charge is -2.34. The van der Waals surface area contributed by atoms with Crippen molar-refractivity contribution in [1.29, 1.82) is 0 Å². The standard InChI is InChI=1S/C15H26F3N3/c1-11-5-4-8-21(10-11)14(19)20-9-12-6-2-3-7-13(12)15(16,17)18/h11-13H,2-10H2,1H3,(H2,19,20). The second-order valence-corrected chi connectivity index (χ2v) is 6.58. The summed E-state index contributed by atoms with van der Waals surface area (Å²) in [7, 11) is 0. The van der Waals surface area contributed by atoms with E-state index in [4.69, 9.17) is 5.73 Å². The molecule has 1 aliphatic heterocycles. The average Bonchev–Trinajstić information content (AvgIpc) is 2.44. The summed E-state index contributed by atoms with van der Waals surface area (Å²) in [6.45, 7) is 4.11. The Kier molecular flexibility index (Phi) is 5.38. The van der Waals surface area contributed by atoms with Crippen molar-refractivity contribution in [3.8, 4) is 0 Å². The van der Waals surface area contributed by atoms with Crippen LogP contribution in [0.3, 0.4) is 0 Å². The van der Waals surface area contributed by atoms with Gasteiger partial charge in [-0.05, 0) is 37.5 Å². The molecule has 0 bridgehead atoms. The van der Waals surface area contributed by atoms with Gasteiger partial charge in [0.25, 0.3) is 0 Å². The fourth-order valence-corrected chi connectivity index (χ4v) is 3.57. The molecule has 0 aromatic rings. The molecule has 1 aliphatic carbocycles. The van der Waals surface area contributed by atoms with E-state index >= 15 is 0 Å². The summed E-state index contributed by atoms with van der Waals surface area (Å²) in [5, 5.41) is 0. The number of aliphatic imine (C=N–C) groups is 1. The Bertz CT molecular complexity index is 368. The normalized spacial score (nSPS) is 32.3. The van der Waals surface area contributed by atoms with Gasteiger partial charge in [-0.15, -0.1) is 0 Å². The van der Waals surface area contributed by atoms with Gasteiger partial charge in [0.1, 0.15) is 0 Å². The molecule has 1 saturated heterocycles. The average molecular weight is 305 g/mol. The van der Waals surface area contributed by atoms with E-state index < -0.39 is 18.0 Å². The van der Waals surface area contributed by atoms with Gasteiger partial charge in [0.05, 0.1) is 5.92 Å². The fourth-order valence-electron chi connectivity index (χ4n) is 3.57. The monoisotopic (exact) mass is 305 g/mol. The molecule has 2 rings (SSSR count). The van der Waals surface area contributed by atoms with Crippen LogP contribution in [0.5, 0.6) is 0 Å². The van der Waals surface area contributed by atoms with E-state index in [9.17, 15) is 13.2 Å². The third kappa shape index (κ3) is 4.51. The zero-order chi connectivity index (χ0) is 15.5. The second-order valence-electron chi connectivity index (χ2n) is 6.58. The molecule has 21 heavy (non-hydrogen) atoms. The first-order valence-electron chi connectivity index (χ1n) is 7.99. The number of rotatable bonds is 2. The number of likely N-dealkylation sites (tertiary alicyclic amines) is 1. The molecule has 2 aliphatic rings. The number of hydrogen-bond donors (Lipinski definition) is 1. The largest absolute Gasteiger partial charge is 0.392 e. The van der Waals surface area contributed by atoms with Crippen molar-refractivity contribution in [2.45, 2.75) is 51.6 Å². The third-order valence-corrected chi connectivity index (χ3v) is 4.80. The van der Waals surface area contributed by atoms with Crippen LogP contribution in [0.15, 0.2) is 4.99 Å². The van der Waals surface area contributed by atoms with Gasteiger partial charge in [0.15, 0.2) is 5.96 Å². The van der Waals surface area contributed by atoms with E-state index in [1.165, 1.54) is 6.42 Å². The first kappa shape index (κ1) is 16.4. The minimum absolute atomic E-state index is 0.209. The van der Waals surface area contributed by atoms with Crippen molar-refractivity contribution >= 4 is 5.96 Å². The van der Waals surface area contributed by atoms with Crippen molar-refractivity contribution in [2.24, 2.45) is 28.5 Å². The fraction of sp³-hybridized carbons (Fsp3) is 0.933. The molecule has 1 saturated carbocycles. The number of halogens is 3. The number of piperidine rings is 1. The predicted octanol–water partition coefficient (Wildman–Crippen LogP) is 3.40. The lowest BCUT2D eigenvalue weighted by Crippen LogP contribution is -2.44. The SMILES string of the molecule is CC1CCCN(C(N)=NCC2CCCCC2C(F)(F)F)C1. The number of nitrogens with zero attached hydrogens (tertiary/aromatic N) is 2. The van der Waals surface area contributed by atoms with Crippen LogP contribution in [0, 0.1) is 17.8 Å². The molecule has 0 aromatic heterocycles. The summed E-state index contributed by atoms with van der Waals surface area (Å²) in [5.74, 6) is -0.610. The van der Waals surface area contributed by atoms with Crippen molar-refractivity contribution in [1.82, 2.24) is 4.90 Å². The van der Waals surface area contributed by atoms with Gasteiger partial charge in [-0.3, -0.25) is 4.99 Å². The Labute approximate surface area is 124 Å². The van der Waals surface area contributed by atoms with E-state index in [-0.39, 0.29) is 13.0 Å². The number of hydrogen-bond acceptors (Lipinski definition) is 1. The first-order chi connectivity index (χ1) is 9.88. The van der Waals surface area contributed by atoms with Crippen LogP contribution in [0.25, 0.3) is 0 Å². The van der Waals surface area contributed by atoms with E-state index in [1.54, 1.807) is 0 Å². The van der Waals surface area contributed by atoms with E-state index in [0.717, 1.165) is 25.9 Å². The van der Waals surface area contributed by atoms with E-state index in [1.807, 2.05) is 4.90 Å². The molecule has 0 radical (unpaired) electrons. The van der Waals surface area contributed by atoms with E-state index in [2.05, 4.69) is 11.9 Å². The van der Waals surface area contributed by atoms with Crippen LogP contribution in [0.2, 0.25) is 0 Å². The van der Waals surface area contributed by atoms with Gasteiger partial charge in [0, 0.05) is 19.6 Å². The minimum Gasteiger partial charge on any atom is -0.370 e. The molecule has 0 aromatic carbocycles. The highest BCUT2D eigenvalue weighted by Gasteiger charge is 2.45.